The summed E-state index contributed by atoms with van der Waals surface area (Å²) in [6.45, 7) is 7.55. The second-order valence-electron chi connectivity index (χ2n) is 6.12. The van der Waals surface area contributed by atoms with Gasteiger partial charge >= 0.3 is 6.09 Å². The molecule has 0 bridgehead atoms. The molecule has 1 unspecified atom stereocenters. The highest BCUT2D eigenvalue weighted by Gasteiger charge is 2.40. The van der Waals surface area contributed by atoms with E-state index in [1.54, 1.807) is 0 Å². The molecule has 2 rings (SSSR count). The first-order valence-corrected chi connectivity index (χ1v) is 7.09. The summed E-state index contributed by atoms with van der Waals surface area (Å²) < 4.78 is 5.38. The Morgan fingerprint density at radius 1 is 1.48 bits per heavy atom. The van der Waals surface area contributed by atoms with Gasteiger partial charge in [0, 0.05) is 0 Å². The van der Waals surface area contributed by atoms with Gasteiger partial charge in [-0.1, -0.05) is 31.2 Å². The van der Waals surface area contributed by atoms with Crippen molar-refractivity contribution >= 4 is 6.09 Å². The van der Waals surface area contributed by atoms with Crippen LogP contribution in [0.1, 0.15) is 45.9 Å². The third-order valence-electron chi connectivity index (χ3n) is 3.41. The maximum atomic E-state index is 12.2. The van der Waals surface area contributed by atoms with Crippen LogP contribution in [0.2, 0.25) is 0 Å². The summed E-state index contributed by atoms with van der Waals surface area (Å²) >= 11 is 0. The van der Waals surface area contributed by atoms with E-state index >= 15 is 0 Å². The molecule has 21 heavy (non-hydrogen) atoms. The van der Waals surface area contributed by atoms with Gasteiger partial charge in [0.15, 0.2) is 0 Å². The molecule has 2 N–H and O–H groups in total. The Kier molecular flexibility index (Phi) is 4.16. The molecule has 0 saturated carbocycles. The van der Waals surface area contributed by atoms with E-state index in [0.717, 1.165) is 0 Å². The number of carbonyl (C=O) groups is 1. The van der Waals surface area contributed by atoms with E-state index in [0.29, 0.717) is 12.2 Å². The number of alkyl carbamates (subject to hydrolysis) is 1. The van der Waals surface area contributed by atoms with Crippen molar-refractivity contribution in [1.82, 2.24) is 20.5 Å². The van der Waals surface area contributed by atoms with Gasteiger partial charge in [0.2, 0.25) is 0 Å². The van der Waals surface area contributed by atoms with Crippen molar-refractivity contribution in [1.29, 1.82) is 0 Å². The molecule has 1 amide bonds. The van der Waals surface area contributed by atoms with Crippen molar-refractivity contribution in [3.05, 3.63) is 36.5 Å². The van der Waals surface area contributed by atoms with Crippen molar-refractivity contribution in [2.75, 3.05) is 0 Å². The maximum absolute atomic E-state index is 12.2. The minimum absolute atomic E-state index is 0.109. The first-order valence-electron chi connectivity index (χ1n) is 7.09. The van der Waals surface area contributed by atoms with Crippen LogP contribution in [-0.4, -0.2) is 32.4 Å². The fraction of sp³-hybridized carbons (Fsp3) is 0.533. The van der Waals surface area contributed by atoms with E-state index in [4.69, 9.17) is 4.74 Å². The smallest absolute Gasteiger partial charge is 0.408 e. The first kappa shape index (κ1) is 15.3. The fourth-order valence-electron chi connectivity index (χ4n) is 2.42. The highest BCUT2D eigenvalue weighted by atomic mass is 16.6. The summed E-state index contributed by atoms with van der Waals surface area (Å²) in [6.07, 6.45) is 9.65. The minimum Gasteiger partial charge on any atom is -0.444 e. The van der Waals surface area contributed by atoms with Gasteiger partial charge in [0.1, 0.15) is 17.8 Å². The molecule has 0 spiro atoms. The third kappa shape index (κ3) is 3.51. The predicted octanol–water partition coefficient (Wildman–Crippen LogP) is 2.69. The number of ether oxygens (including phenoxy) is 1. The summed E-state index contributed by atoms with van der Waals surface area (Å²) in [5.74, 6) is 0.607. The molecule has 0 fully saturated rings. The Balaban J connectivity index is 2.24. The molecule has 6 heteroatoms. The molecule has 0 aliphatic heterocycles. The van der Waals surface area contributed by atoms with Crippen LogP contribution in [0.15, 0.2) is 30.6 Å². The Hall–Kier alpha value is -2.11. The zero-order valence-corrected chi connectivity index (χ0v) is 12.9. The number of allylic oxidation sites excluding steroid dienone is 2. The van der Waals surface area contributed by atoms with Crippen LogP contribution in [0.3, 0.4) is 0 Å². The quantitative estimate of drug-likeness (QED) is 0.897. The zero-order valence-electron chi connectivity index (χ0n) is 12.9. The van der Waals surface area contributed by atoms with Crippen molar-refractivity contribution in [2.45, 2.75) is 51.2 Å². The number of nitrogens with one attached hydrogen (secondary N) is 2. The van der Waals surface area contributed by atoms with Crippen LogP contribution in [0, 0.1) is 0 Å². The number of rotatable bonds is 3. The number of hydrogen-bond acceptors (Lipinski definition) is 4. The van der Waals surface area contributed by atoms with Gasteiger partial charge in [-0.25, -0.2) is 4.79 Å². The largest absolute Gasteiger partial charge is 0.444 e. The Morgan fingerprint density at radius 3 is 2.81 bits per heavy atom. The Morgan fingerprint density at radius 2 is 2.24 bits per heavy atom. The van der Waals surface area contributed by atoms with Crippen molar-refractivity contribution in [2.24, 2.45) is 0 Å². The number of amides is 1. The highest BCUT2D eigenvalue weighted by Crippen LogP contribution is 2.34. The lowest BCUT2D eigenvalue weighted by molar-refractivity contribution is 0.0466. The van der Waals surface area contributed by atoms with E-state index in [9.17, 15) is 4.79 Å². The molecule has 0 radical (unpaired) electrons. The number of carbonyl (C=O) groups excluding carboxylic acids is 1. The van der Waals surface area contributed by atoms with Crippen molar-refractivity contribution in [3.8, 4) is 0 Å². The number of hydrogen-bond donors (Lipinski definition) is 2. The molecule has 0 aromatic carbocycles. The molecule has 2 atom stereocenters. The topological polar surface area (TPSA) is 79.9 Å². The minimum atomic E-state index is -0.573. The molecule has 1 aliphatic carbocycles. The summed E-state index contributed by atoms with van der Waals surface area (Å²) in [4.78, 5) is 15.2. The van der Waals surface area contributed by atoms with Gasteiger partial charge < -0.3 is 15.0 Å². The molecule has 0 saturated heterocycles. The van der Waals surface area contributed by atoms with Gasteiger partial charge in [0.25, 0.3) is 0 Å². The van der Waals surface area contributed by atoms with Gasteiger partial charge in [0.05, 0.1) is 11.5 Å². The highest BCUT2D eigenvalue weighted by molar-refractivity contribution is 5.70. The van der Waals surface area contributed by atoms with Gasteiger partial charge in [-0.05, 0) is 27.2 Å². The number of aromatic nitrogens is 3. The average Bonchev–Trinajstić information content (AvgIpc) is 2.90. The molecular weight excluding hydrogens is 268 g/mol. The van der Waals surface area contributed by atoms with E-state index in [1.807, 2.05) is 52.0 Å². The molecule has 1 aliphatic rings. The molecule has 1 aromatic rings. The SMILES string of the molecule is CC[C@]1(NC(=O)OC(C)(C)C)C=CC=CC1c1nnc[nH]1. The van der Waals surface area contributed by atoms with E-state index in [1.165, 1.54) is 6.33 Å². The monoisotopic (exact) mass is 290 g/mol. The summed E-state index contributed by atoms with van der Waals surface area (Å²) in [5.41, 5.74) is -1.11. The second kappa shape index (κ2) is 5.71. The third-order valence-corrected chi connectivity index (χ3v) is 3.41. The summed E-state index contributed by atoms with van der Waals surface area (Å²) in [7, 11) is 0. The molecule has 1 aromatic heterocycles. The lowest BCUT2D eigenvalue weighted by Gasteiger charge is -2.37. The van der Waals surface area contributed by atoms with E-state index in [2.05, 4.69) is 20.5 Å². The van der Waals surface area contributed by atoms with Crippen LogP contribution in [-0.2, 0) is 4.74 Å². The number of H-pyrrole nitrogens is 1. The predicted molar refractivity (Wildman–Crippen MR) is 79.8 cm³/mol. The molecule has 114 valence electrons. The Bertz CT molecular complexity index is 543. The molecule has 6 nitrogen and oxygen atoms in total. The average molecular weight is 290 g/mol. The number of nitrogens with zero attached hydrogens (tertiary/aromatic N) is 2. The lowest BCUT2D eigenvalue weighted by Crippen LogP contribution is -2.52. The molecule has 1 heterocycles. The second-order valence-corrected chi connectivity index (χ2v) is 6.12. The fourth-order valence-corrected chi connectivity index (χ4v) is 2.42. The number of aromatic amines is 1. The molecular formula is C15H22N4O2. The maximum Gasteiger partial charge on any atom is 0.408 e. The summed E-state index contributed by atoms with van der Waals surface area (Å²) in [6, 6.07) is 0. The normalized spacial score (nSPS) is 24.9. The van der Waals surface area contributed by atoms with Crippen LogP contribution < -0.4 is 5.32 Å². The van der Waals surface area contributed by atoms with Crippen LogP contribution in [0.5, 0.6) is 0 Å². The zero-order chi connectivity index (χ0) is 15.5. The van der Waals surface area contributed by atoms with Crippen molar-refractivity contribution < 1.29 is 9.53 Å². The summed E-state index contributed by atoms with van der Waals surface area (Å²) in [5, 5.41) is 10.9. The van der Waals surface area contributed by atoms with Crippen LogP contribution in [0.25, 0.3) is 0 Å². The van der Waals surface area contributed by atoms with Gasteiger partial charge in [-0.3, -0.25) is 0 Å². The van der Waals surface area contributed by atoms with Gasteiger partial charge in [-0.2, -0.15) is 0 Å². The Labute approximate surface area is 124 Å². The van der Waals surface area contributed by atoms with Gasteiger partial charge in [-0.15, -0.1) is 10.2 Å². The first-order chi connectivity index (χ1) is 9.86. The van der Waals surface area contributed by atoms with Crippen molar-refractivity contribution in [3.63, 3.8) is 0 Å². The lowest BCUT2D eigenvalue weighted by atomic mass is 9.78. The van der Waals surface area contributed by atoms with Crippen LogP contribution >= 0.6 is 0 Å². The standard InChI is InChI=1S/C15H22N4O2/c1-5-15(18-13(20)21-14(2,3)4)9-7-6-8-11(15)12-16-10-17-19-12/h6-11H,5H2,1-4H3,(H,18,20)(H,16,17,19)/t11?,15-/m0/s1. The van der Waals surface area contributed by atoms with E-state index < -0.39 is 17.2 Å². The van der Waals surface area contributed by atoms with E-state index in [-0.39, 0.29) is 5.92 Å². The van der Waals surface area contributed by atoms with Crippen LogP contribution in [0.4, 0.5) is 4.79 Å².